The molecule has 24 heavy (non-hydrogen) atoms. The molecule has 12 heteroatoms. The van der Waals surface area contributed by atoms with Crippen molar-refractivity contribution in [3.8, 4) is 11.5 Å². The van der Waals surface area contributed by atoms with Gasteiger partial charge in [0.2, 0.25) is 0 Å². The highest BCUT2D eigenvalue weighted by atomic mass is 35.5. The molecule has 0 saturated carbocycles. The molecule has 0 aliphatic rings. The number of pyridine rings is 1. The normalized spacial score (nSPS) is 12.9. The number of halogens is 4. The number of nitrogens with zero attached hydrogens (tertiary/aromatic N) is 1. The monoisotopic (exact) mass is 415 g/mol. The van der Waals surface area contributed by atoms with Crippen LogP contribution in [-0.4, -0.2) is 18.5 Å². The predicted molar refractivity (Wildman–Crippen MR) is 86.9 cm³/mol. The van der Waals surface area contributed by atoms with E-state index in [9.17, 15) is 17.9 Å². The topological polar surface area (TPSA) is 115 Å². The van der Waals surface area contributed by atoms with Crippen LogP contribution in [0.2, 0.25) is 15.2 Å². The minimum atomic E-state index is -4.25. The fourth-order valence-electron chi connectivity index (χ4n) is 1.64. The van der Waals surface area contributed by atoms with E-state index >= 15 is 0 Å². The van der Waals surface area contributed by atoms with Crippen molar-refractivity contribution in [2.24, 2.45) is 5.14 Å². The van der Waals surface area contributed by atoms with Crippen molar-refractivity contribution in [1.82, 2.24) is 9.71 Å². The van der Waals surface area contributed by atoms with E-state index in [1.165, 1.54) is 12.3 Å². The number of aliphatic hydroxyl groups excluding tert-OH is 1. The molecule has 7 nitrogen and oxygen atoms in total. The van der Waals surface area contributed by atoms with Gasteiger partial charge in [-0.15, -0.1) is 0 Å². The van der Waals surface area contributed by atoms with Gasteiger partial charge in [0.25, 0.3) is 10.2 Å². The Labute approximate surface area is 151 Å². The zero-order chi connectivity index (χ0) is 18.1. The van der Waals surface area contributed by atoms with Gasteiger partial charge in [0, 0.05) is 17.7 Å². The van der Waals surface area contributed by atoms with Gasteiger partial charge in [-0.2, -0.15) is 13.1 Å². The molecular formula is C12H9Cl3FN3O4S. The molecule has 1 atom stereocenters. The van der Waals surface area contributed by atoms with Crippen LogP contribution in [0.1, 0.15) is 11.8 Å². The molecule has 1 aromatic carbocycles. The predicted octanol–water partition coefficient (Wildman–Crippen LogP) is 2.76. The molecule has 1 unspecified atom stereocenters. The Morgan fingerprint density at radius 2 is 1.92 bits per heavy atom. The van der Waals surface area contributed by atoms with Crippen LogP contribution >= 0.6 is 34.8 Å². The average Bonchev–Trinajstić information content (AvgIpc) is 2.44. The lowest BCUT2D eigenvalue weighted by molar-refractivity contribution is 0.161. The van der Waals surface area contributed by atoms with E-state index in [1.807, 2.05) is 0 Å². The van der Waals surface area contributed by atoms with Gasteiger partial charge in [-0.1, -0.05) is 34.8 Å². The van der Waals surface area contributed by atoms with E-state index in [4.69, 9.17) is 44.7 Å². The van der Waals surface area contributed by atoms with Gasteiger partial charge in [-0.3, -0.25) is 0 Å². The quantitative estimate of drug-likeness (QED) is 0.512. The average molecular weight is 417 g/mol. The molecule has 130 valence electrons. The molecule has 0 bridgehead atoms. The molecule has 0 amide bonds. The number of aromatic nitrogens is 1. The van der Waals surface area contributed by atoms with Gasteiger partial charge in [0.1, 0.15) is 28.7 Å². The largest absolute Gasteiger partial charge is 0.454 e. The summed E-state index contributed by atoms with van der Waals surface area (Å²) in [5.41, 5.74) is -0.436. The lowest BCUT2D eigenvalue weighted by atomic mass is 10.2. The van der Waals surface area contributed by atoms with E-state index in [2.05, 4.69) is 4.98 Å². The summed E-state index contributed by atoms with van der Waals surface area (Å²) in [5.74, 6) is -0.950. The van der Waals surface area contributed by atoms with Crippen molar-refractivity contribution >= 4 is 45.0 Å². The Morgan fingerprint density at radius 1 is 1.25 bits per heavy atom. The molecule has 0 aliphatic carbocycles. The van der Waals surface area contributed by atoms with Crippen molar-refractivity contribution in [2.75, 3.05) is 0 Å². The van der Waals surface area contributed by atoms with E-state index in [-0.39, 0.29) is 26.7 Å². The van der Waals surface area contributed by atoms with E-state index in [1.54, 1.807) is 4.72 Å². The van der Waals surface area contributed by atoms with E-state index < -0.39 is 27.8 Å². The zero-order valence-corrected chi connectivity index (χ0v) is 14.6. The fourth-order valence-corrected chi connectivity index (χ4v) is 2.55. The first-order valence-corrected chi connectivity index (χ1v) is 8.71. The standard InChI is InChI=1S/C12H9Cl3FN3O4S/c13-7-2-6(12(20)19-24(17,21)22)9(16)3-10(7)23-5-1-8(14)11(15)18-4-5/h1-4,12,19-20H,(H2,17,21,22). The van der Waals surface area contributed by atoms with Gasteiger partial charge in [-0.25, -0.2) is 14.5 Å². The summed E-state index contributed by atoms with van der Waals surface area (Å²) in [4.78, 5) is 3.75. The Kier molecular flexibility index (Phi) is 5.87. The minimum Gasteiger partial charge on any atom is -0.454 e. The van der Waals surface area contributed by atoms with Gasteiger partial charge >= 0.3 is 0 Å². The van der Waals surface area contributed by atoms with Crippen LogP contribution in [0.4, 0.5) is 4.39 Å². The van der Waals surface area contributed by atoms with Crippen LogP contribution in [0.5, 0.6) is 11.5 Å². The number of benzene rings is 1. The van der Waals surface area contributed by atoms with E-state index in [0.29, 0.717) is 0 Å². The molecule has 0 fully saturated rings. The molecule has 2 rings (SSSR count). The van der Waals surface area contributed by atoms with Gasteiger partial charge < -0.3 is 9.84 Å². The number of hydrogen-bond acceptors (Lipinski definition) is 5. The summed E-state index contributed by atoms with van der Waals surface area (Å²) in [6, 6.07) is 3.19. The molecule has 0 radical (unpaired) electrons. The summed E-state index contributed by atoms with van der Waals surface area (Å²) in [6.07, 6.45) is -0.675. The third-order valence-electron chi connectivity index (χ3n) is 2.62. The first-order chi connectivity index (χ1) is 11.1. The molecule has 0 spiro atoms. The molecule has 4 N–H and O–H groups in total. The van der Waals surface area contributed by atoms with Crippen LogP contribution in [-0.2, 0) is 10.2 Å². The number of nitrogens with two attached hydrogens (primary N) is 1. The second kappa shape index (κ2) is 7.36. The number of ether oxygens (including phenoxy) is 1. The maximum absolute atomic E-state index is 14.1. The highest BCUT2D eigenvalue weighted by molar-refractivity contribution is 7.87. The lowest BCUT2D eigenvalue weighted by Gasteiger charge is -2.15. The zero-order valence-electron chi connectivity index (χ0n) is 11.5. The molecule has 1 heterocycles. The fraction of sp³-hybridized carbons (Fsp3) is 0.0833. The molecule has 0 aliphatic heterocycles. The van der Waals surface area contributed by atoms with Crippen LogP contribution in [0.25, 0.3) is 0 Å². The Morgan fingerprint density at radius 3 is 2.50 bits per heavy atom. The van der Waals surface area contributed by atoms with Crippen LogP contribution in [0.15, 0.2) is 24.4 Å². The SMILES string of the molecule is NS(=O)(=O)NC(O)c1cc(Cl)c(Oc2cnc(Cl)c(Cl)c2)cc1F. The Balaban J connectivity index is 2.30. The number of nitrogens with one attached hydrogen (secondary N) is 1. The summed E-state index contributed by atoms with van der Waals surface area (Å²) >= 11 is 17.4. The minimum absolute atomic E-state index is 0.0637. The first-order valence-electron chi connectivity index (χ1n) is 6.03. The van der Waals surface area contributed by atoms with Gasteiger partial charge in [0.15, 0.2) is 0 Å². The Bertz CT molecular complexity index is 882. The van der Waals surface area contributed by atoms with Crippen molar-refractivity contribution in [2.45, 2.75) is 6.23 Å². The first kappa shape index (κ1) is 19.1. The summed E-state index contributed by atoms with van der Waals surface area (Å²) in [7, 11) is -4.25. The summed E-state index contributed by atoms with van der Waals surface area (Å²) in [5, 5.41) is 14.4. The highest BCUT2D eigenvalue weighted by Gasteiger charge is 2.20. The van der Waals surface area contributed by atoms with E-state index in [0.717, 1.165) is 12.1 Å². The maximum atomic E-state index is 14.1. The molecular weight excluding hydrogens is 408 g/mol. The third kappa shape index (κ3) is 4.90. The third-order valence-corrected chi connectivity index (χ3v) is 4.15. The lowest BCUT2D eigenvalue weighted by Crippen LogP contribution is -2.34. The molecule has 1 aromatic heterocycles. The second-order valence-electron chi connectivity index (χ2n) is 4.42. The summed E-state index contributed by atoms with van der Waals surface area (Å²) in [6.45, 7) is 0. The number of rotatable bonds is 5. The van der Waals surface area contributed by atoms with Crippen molar-refractivity contribution in [3.05, 3.63) is 51.0 Å². The van der Waals surface area contributed by atoms with Crippen molar-refractivity contribution in [1.29, 1.82) is 0 Å². The van der Waals surface area contributed by atoms with Crippen molar-refractivity contribution < 1.29 is 22.7 Å². The van der Waals surface area contributed by atoms with Crippen molar-refractivity contribution in [3.63, 3.8) is 0 Å². The van der Waals surface area contributed by atoms with Gasteiger partial charge in [0.05, 0.1) is 16.2 Å². The highest BCUT2D eigenvalue weighted by Crippen LogP contribution is 2.34. The van der Waals surface area contributed by atoms with Gasteiger partial charge in [-0.05, 0) is 6.07 Å². The van der Waals surface area contributed by atoms with Crippen LogP contribution < -0.4 is 14.6 Å². The smallest absolute Gasteiger partial charge is 0.276 e. The summed E-state index contributed by atoms with van der Waals surface area (Å²) < 4.78 is 42.8. The second-order valence-corrected chi connectivity index (χ2v) is 6.91. The molecule has 2 aromatic rings. The van der Waals surface area contributed by atoms with Crippen LogP contribution in [0.3, 0.4) is 0 Å². The Hall–Kier alpha value is -1.20. The maximum Gasteiger partial charge on any atom is 0.276 e. The number of hydrogen-bond donors (Lipinski definition) is 3. The number of aliphatic hydroxyl groups is 1. The molecule has 0 saturated heterocycles. The van der Waals surface area contributed by atoms with Crippen LogP contribution in [0, 0.1) is 5.82 Å².